The third kappa shape index (κ3) is 2.16. The maximum Gasteiger partial charge on any atom is 0.178 e. The quantitative estimate of drug-likeness (QED) is 0.610. The van der Waals surface area contributed by atoms with Crippen LogP contribution >= 0.6 is 0 Å². The Morgan fingerprint density at radius 3 is 2.39 bits per heavy atom. The molecule has 3 aromatic rings. The minimum absolute atomic E-state index is 0.0349. The predicted molar refractivity (Wildman–Crippen MR) is 112 cm³/mol. The van der Waals surface area contributed by atoms with Gasteiger partial charge in [0.2, 0.25) is 0 Å². The standard InChI is InChI=1S/C23H23N5/c1-4-11-23(3)16(2)22-27(17-9-12-24-13-10-17)20-21(26-15-14-25-20)28(22)19-8-6-5-7-18(19)23/h4-10,12-16,22H,1,11H2,2-3H3. The fraction of sp³-hybridized carbons (Fsp3) is 0.261. The number of rotatable bonds is 3. The molecule has 2 aliphatic rings. The van der Waals surface area contributed by atoms with Gasteiger partial charge in [0.05, 0.1) is 0 Å². The average Bonchev–Trinajstić information content (AvgIpc) is 3.08. The van der Waals surface area contributed by atoms with Gasteiger partial charge in [-0.15, -0.1) is 6.58 Å². The van der Waals surface area contributed by atoms with Crippen molar-refractivity contribution in [3.63, 3.8) is 0 Å². The molecule has 0 aliphatic carbocycles. The molecule has 0 amide bonds. The maximum absolute atomic E-state index is 4.73. The molecule has 4 heterocycles. The Balaban J connectivity index is 1.79. The van der Waals surface area contributed by atoms with Gasteiger partial charge in [0.15, 0.2) is 11.6 Å². The summed E-state index contributed by atoms with van der Waals surface area (Å²) < 4.78 is 0. The van der Waals surface area contributed by atoms with Gasteiger partial charge in [-0.3, -0.25) is 4.98 Å². The molecule has 0 saturated carbocycles. The van der Waals surface area contributed by atoms with Crippen molar-refractivity contribution in [2.45, 2.75) is 31.8 Å². The van der Waals surface area contributed by atoms with E-state index in [9.17, 15) is 0 Å². The number of benzene rings is 1. The zero-order chi connectivity index (χ0) is 19.3. The summed E-state index contributed by atoms with van der Waals surface area (Å²) in [6, 6.07) is 12.8. The number of para-hydroxylation sites is 1. The van der Waals surface area contributed by atoms with Crippen molar-refractivity contribution < 1.29 is 0 Å². The van der Waals surface area contributed by atoms with Crippen molar-refractivity contribution in [2.24, 2.45) is 5.92 Å². The molecule has 5 heteroatoms. The Morgan fingerprint density at radius 2 is 1.68 bits per heavy atom. The zero-order valence-electron chi connectivity index (χ0n) is 16.2. The summed E-state index contributed by atoms with van der Waals surface area (Å²) in [6.07, 6.45) is 10.2. The largest absolute Gasteiger partial charge is 0.301 e. The van der Waals surface area contributed by atoms with Gasteiger partial charge in [-0.25, -0.2) is 9.97 Å². The molecule has 5 rings (SSSR count). The van der Waals surface area contributed by atoms with Crippen LogP contribution < -0.4 is 9.80 Å². The summed E-state index contributed by atoms with van der Waals surface area (Å²) >= 11 is 0. The lowest BCUT2D eigenvalue weighted by molar-refractivity contribution is 0.258. The van der Waals surface area contributed by atoms with Crippen LogP contribution in [0.3, 0.4) is 0 Å². The number of fused-ring (bicyclic) bond motifs is 5. The van der Waals surface area contributed by atoms with Gasteiger partial charge in [-0.2, -0.15) is 0 Å². The molecule has 140 valence electrons. The number of anilines is 4. The first-order valence-electron chi connectivity index (χ1n) is 9.66. The number of nitrogens with zero attached hydrogens (tertiary/aromatic N) is 5. The summed E-state index contributed by atoms with van der Waals surface area (Å²) in [4.78, 5) is 18.3. The highest BCUT2D eigenvalue weighted by Gasteiger charge is 2.53. The molecule has 28 heavy (non-hydrogen) atoms. The second kappa shape index (κ2) is 6.16. The van der Waals surface area contributed by atoms with Gasteiger partial charge in [0.25, 0.3) is 0 Å². The fourth-order valence-corrected chi connectivity index (χ4v) is 4.85. The van der Waals surface area contributed by atoms with E-state index < -0.39 is 0 Å². The lowest BCUT2D eigenvalue weighted by Crippen LogP contribution is -2.54. The van der Waals surface area contributed by atoms with E-state index in [4.69, 9.17) is 9.97 Å². The highest BCUT2D eigenvalue weighted by molar-refractivity contribution is 5.86. The summed E-state index contributed by atoms with van der Waals surface area (Å²) in [6.45, 7) is 8.73. The van der Waals surface area contributed by atoms with Crippen molar-refractivity contribution in [3.05, 3.63) is 79.4 Å². The molecule has 0 bridgehead atoms. The van der Waals surface area contributed by atoms with E-state index in [1.165, 1.54) is 11.3 Å². The van der Waals surface area contributed by atoms with E-state index in [-0.39, 0.29) is 11.6 Å². The molecular formula is C23H23N5. The Morgan fingerprint density at radius 1 is 1.00 bits per heavy atom. The van der Waals surface area contributed by atoms with Crippen LogP contribution in [-0.4, -0.2) is 21.1 Å². The lowest BCUT2D eigenvalue weighted by atomic mass is 9.66. The fourth-order valence-electron chi connectivity index (χ4n) is 4.85. The molecule has 0 fully saturated rings. The lowest BCUT2D eigenvalue weighted by Gasteiger charge is -2.50. The van der Waals surface area contributed by atoms with Crippen molar-refractivity contribution in [1.29, 1.82) is 0 Å². The van der Waals surface area contributed by atoms with Crippen LogP contribution in [0.5, 0.6) is 0 Å². The predicted octanol–water partition coefficient (Wildman–Crippen LogP) is 4.97. The first-order chi connectivity index (χ1) is 13.7. The summed E-state index contributed by atoms with van der Waals surface area (Å²) in [5, 5.41) is 0. The van der Waals surface area contributed by atoms with Crippen LogP contribution in [0.15, 0.2) is 73.8 Å². The number of hydrogen-bond acceptors (Lipinski definition) is 5. The number of allylic oxidation sites excluding steroid dienone is 1. The second-order valence-corrected chi connectivity index (χ2v) is 7.78. The molecule has 2 aromatic heterocycles. The van der Waals surface area contributed by atoms with Crippen molar-refractivity contribution in [3.8, 4) is 0 Å². The maximum atomic E-state index is 4.73. The van der Waals surface area contributed by atoms with E-state index in [1.807, 2.05) is 30.6 Å². The molecule has 0 N–H and O–H groups in total. The molecule has 0 radical (unpaired) electrons. The van der Waals surface area contributed by atoms with Gasteiger partial charge < -0.3 is 9.80 Å². The first-order valence-corrected chi connectivity index (χ1v) is 9.66. The highest BCUT2D eigenvalue weighted by atomic mass is 15.5. The van der Waals surface area contributed by atoms with Gasteiger partial charge in [-0.05, 0) is 30.2 Å². The van der Waals surface area contributed by atoms with E-state index in [0.717, 1.165) is 23.7 Å². The number of hydrogen-bond donors (Lipinski definition) is 0. The molecule has 3 atom stereocenters. The average molecular weight is 369 g/mol. The van der Waals surface area contributed by atoms with Gasteiger partial charge >= 0.3 is 0 Å². The second-order valence-electron chi connectivity index (χ2n) is 7.78. The first kappa shape index (κ1) is 16.9. The Kier molecular flexibility index (Phi) is 3.72. The Labute approximate surface area is 165 Å². The van der Waals surface area contributed by atoms with Crippen molar-refractivity contribution in [2.75, 3.05) is 9.80 Å². The van der Waals surface area contributed by atoms with Crippen LogP contribution in [0.1, 0.15) is 25.8 Å². The zero-order valence-corrected chi connectivity index (χ0v) is 16.2. The molecule has 5 nitrogen and oxygen atoms in total. The monoisotopic (exact) mass is 369 g/mol. The van der Waals surface area contributed by atoms with E-state index in [1.54, 1.807) is 12.4 Å². The molecule has 0 spiro atoms. The van der Waals surface area contributed by atoms with E-state index in [0.29, 0.717) is 5.92 Å². The van der Waals surface area contributed by atoms with Crippen LogP contribution in [0, 0.1) is 5.92 Å². The minimum Gasteiger partial charge on any atom is -0.301 e. The van der Waals surface area contributed by atoms with Crippen LogP contribution in [0.2, 0.25) is 0 Å². The third-order valence-electron chi connectivity index (χ3n) is 6.39. The van der Waals surface area contributed by atoms with Crippen LogP contribution in [0.25, 0.3) is 0 Å². The van der Waals surface area contributed by atoms with E-state index >= 15 is 0 Å². The minimum atomic E-state index is -0.0349. The number of aromatic nitrogens is 3. The Hall–Kier alpha value is -3.21. The third-order valence-corrected chi connectivity index (χ3v) is 6.39. The molecule has 3 unspecified atom stereocenters. The normalized spacial score (nSPS) is 25.1. The van der Waals surface area contributed by atoms with Gasteiger partial charge in [-0.1, -0.05) is 38.1 Å². The SMILES string of the molecule is C=CCC1(C)c2ccccc2N2c3nccnc3N(c3ccncc3)C2C1C. The topological polar surface area (TPSA) is 45.2 Å². The molecular weight excluding hydrogens is 346 g/mol. The highest BCUT2D eigenvalue weighted by Crippen LogP contribution is 2.57. The summed E-state index contributed by atoms with van der Waals surface area (Å²) in [5.74, 6) is 2.11. The van der Waals surface area contributed by atoms with Crippen LogP contribution in [-0.2, 0) is 5.41 Å². The summed E-state index contributed by atoms with van der Waals surface area (Å²) in [5.41, 5.74) is 3.59. The van der Waals surface area contributed by atoms with E-state index in [2.05, 4.69) is 59.5 Å². The van der Waals surface area contributed by atoms with Gasteiger partial charge in [0.1, 0.15) is 6.17 Å². The van der Waals surface area contributed by atoms with Gasteiger partial charge in [0, 0.05) is 47.5 Å². The van der Waals surface area contributed by atoms with Crippen molar-refractivity contribution in [1.82, 2.24) is 15.0 Å². The van der Waals surface area contributed by atoms with Crippen LogP contribution in [0.4, 0.5) is 23.0 Å². The Bertz CT molecular complexity index is 1030. The molecule has 1 aromatic carbocycles. The molecule has 2 aliphatic heterocycles. The number of pyridine rings is 1. The smallest absolute Gasteiger partial charge is 0.178 e. The van der Waals surface area contributed by atoms with Crippen molar-refractivity contribution >= 4 is 23.0 Å². The summed E-state index contributed by atoms with van der Waals surface area (Å²) in [7, 11) is 0. The molecule has 0 saturated heterocycles.